The molecule has 1 unspecified atom stereocenters. The second kappa shape index (κ2) is 8.55. The van der Waals surface area contributed by atoms with Crippen LogP contribution in [0.2, 0.25) is 0 Å². The van der Waals surface area contributed by atoms with E-state index < -0.39 is 0 Å². The molecule has 6 nitrogen and oxygen atoms in total. The number of aromatic nitrogens is 2. The number of aryl methyl sites for hydroxylation is 1. The molecule has 1 aliphatic rings. The van der Waals surface area contributed by atoms with Crippen molar-refractivity contribution in [3.05, 3.63) is 59.7 Å². The van der Waals surface area contributed by atoms with Crippen molar-refractivity contribution in [2.45, 2.75) is 39.0 Å². The summed E-state index contributed by atoms with van der Waals surface area (Å²) in [6.45, 7) is 3.21. The zero-order chi connectivity index (χ0) is 20.2. The number of hydrogen-bond donors (Lipinski definition) is 0. The van der Waals surface area contributed by atoms with E-state index in [0.717, 1.165) is 32.1 Å². The topological polar surface area (TPSA) is 76.3 Å². The number of fused-ring (bicyclic) bond motifs is 1. The number of Topliss-reactive ketones (excluding diaryl/α,β-unsaturated/α-hetero) is 1. The molecule has 29 heavy (non-hydrogen) atoms. The number of pyridine rings is 1. The van der Waals surface area contributed by atoms with Crippen molar-refractivity contribution >= 4 is 22.8 Å². The smallest absolute Gasteiger partial charge is 0.253 e. The highest BCUT2D eigenvalue weighted by Crippen LogP contribution is 2.24. The largest absolute Gasteiger partial charge is 0.441 e. The van der Waals surface area contributed by atoms with E-state index in [1.165, 1.54) is 0 Å². The van der Waals surface area contributed by atoms with Crippen LogP contribution in [-0.2, 0) is 6.42 Å². The minimum absolute atomic E-state index is 0.00983. The number of rotatable bonds is 6. The number of hydrogen-bond acceptors (Lipinski definition) is 5. The van der Waals surface area contributed by atoms with Gasteiger partial charge in [-0.15, -0.1) is 0 Å². The molecule has 150 valence electrons. The van der Waals surface area contributed by atoms with Crippen LogP contribution in [0.4, 0.5) is 0 Å². The number of likely N-dealkylation sites (tertiary alicyclic amines) is 1. The van der Waals surface area contributed by atoms with Crippen LogP contribution in [0, 0.1) is 5.92 Å². The molecule has 1 amide bonds. The molecular weight excluding hydrogens is 366 g/mol. The van der Waals surface area contributed by atoms with Crippen molar-refractivity contribution in [3.8, 4) is 0 Å². The molecule has 1 saturated heterocycles. The lowest BCUT2D eigenvalue weighted by atomic mass is 9.91. The molecule has 1 aromatic carbocycles. The van der Waals surface area contributed by atoms with Gasteiger partial charge in [0.1, 0.15) is 11.2 Å². The number of carbonyl (C=O) groups excluding carboxylic acids is 2. The molecule has 1 atom stereocenters. The normalized spacial score (nSPS) is 16.9. The standard InChI is InChI=1S/C23H25N3O3/c1-2-3-9-21-25-19-14-16(10-11-20(19)29-21)23(28)26-13-6-7-17(15-26)22(27)18-8-4-5-12-24-18/h4-5,8,10-12,14,17H,2-3,6-7,9,13,15H2,1H3. The van der Waals surface area contributed by atoms with Gasteiger partial charge in [-0.05, 0) is 49.6 Å². The van der Waals surface area contributed by atoms with E-state index in [4.69, 9.17) is 4.42 Å². The molecule has 0 spiro atoms. The van der Waals surface area contributed by atoms with Gasteiger partial charge in [0, 0.05) is 37.2 Å². The number of piperidine rings is 1. The van der Waals surface area contributed by atoms with Gasteiger partial charge < -0.3 is 9.32 Å². The van der Waals surface area contributed by atoms with Crippen molar-refractivity contribution in [2.75, 3.05) is 13.1 Å². The van der Waals surface area contributed by atoms with Gasteiger partial charge in [-0.25, -0.2) is 4.98 Å². The minimum atomic E-state index is -0.209. The lowest BCUT2D eigenvalue weighted by molar-refractivity contribution is 0.0635. The fraction of sp³-hybridized carbons (Fsp3) is 0.391. The minimum Gasteiger partial charge on any atom is -0.441 e. The Morgan fingerprint density at radius 2 is 2.14 bits per heavy atom. The van der Waals surface area contributed by atoms with Gasteiger partial charge in [0.05, 0.1) is 0 Å². The van der Waals surface area contributed by atoms with Crippen molar-refractivity contribution in [3.63, 3.8) is 0 Å². The summed E-state index contributed by atoms with van der Waals surface area (Å²) in [5.41, 5.74) is 2.46. The van der Waals surface area contributed by atoms with Gasteiger partial charge in [0.25, 0.3) is 5.91 Å². The zero-order valence-corrected chi connectivity index (χ0v) is 16.6. The molecule has 0 radical (unpaired) electrons. The molecule has 1 aliphatic heterocycles. The van der Waals surface area contributed by atoms with E-state index in [1.807, 2.05) is 12.1 Å². The molecule has 0 bridgehead atoms. The second-order valence-electron chi connectivity index (χ2n) is 7.56. The summed E-state index contributed by atoms with van der Waals surface area (Å²) >= 11 is 0. The molecule has 0 saturated carbocycles. The maximum atomic E-state index is 13.1. The quantitative estimate of drug-likeness (QED) is 0.586. The van der Waals surface area contributed by atoms with Crippen LogP contribution in [0.3, 0.4) is 0 Å². The average Bonchev–Trinajstić information content (AvgIpc) is 3.19. The molecule has 3 aromatic rings. The van der Waals surface area contributed by atoms with Gasteiger partial charge >= 0.3 is 0 Å². The summed E-state index contributed by atoms with van der Waals surface area (Å²) in [7, 11) is 0. The molecule has 3 heterocycles. The van der Waals surface area contributed by atoms with Crippen LogP contribution in [0.5, 0.6) is 0 Å². The summed E-state index contributed by atoms with van der Waals surface area (Å²) < 4.78 is 5.76. The molecule has 6 heteroatoms. The Bertz CT molecular complexity index is 1010. The molecule has 4 rings (SSSR count). The van der Waals surface area contributed by atoms with E-state index in [2.05, 4.69) is 16.9 Å². The second-order valence-corrected chi connectivity index (χ2v) is 7.56. The third kappa shape index (κ3) is 4.21. The summed E-state index contributed by atoms with van der Waals surface area (Å²) in [5, 5.41) is 0. The summed E-state index contributed by atoms with van der Waals surface area (Å²) in [5.74, 6) is 0.448. The van der Waals surface area contributed by atoms with Crippen LogP contribution in [-0.4, -0.2) is 39.6 Å². The number of carbonyl (C=O) groups is 2. The van der Waals surface area contributed by atoms with Crippen molar-refractivity contribution in [1.29, 1.82) is 0 Å². The van der Waals surface area contributed by atoms with Crippen LogP contribution >= 0.6 is 0 Å². The zero-order valence-electron chi connectivity index (χ0n) is 16.6. The lowest BCUT2D eigenvalue weighted by Gasteiger charge is -2.32. The maximum Gasteiger partial charge on any atom is 0.253 e. The molecular formula is C23H25N3O3. The molecule has 0 aliphatic carbocycles. The highest BCUT2D eigenvalue weighted by Gasteiger charge is 2.30. The fourth-order valence-corrected chi connectivity index (χ4v) is 3.82. The van der Waals surface area contributed by atoms with Crippen molar-refractivity contribution in [1.82, 2.24) is 14.9 Å². The Morgan fingerprint density at radius 1 is 1.24 bits per heavy atom. The molecule has 0 N–H and O–H groups in total. The first-order valence-electron chi connectivity index (χ1n) is 10.3. The van der Waals surface area contributed by atoms with Crippen LogP contribution in [0.15, 0.2) is 47.0 Å². The Morgan fingerprint density at radius 3 is 2.93 bits per heavy atom. The van der Waals surface area contributed by atoms with E-state index in [0.29, 0.717) is 41.3 Å². The number of nitrogens with zero attached hydrogens (tertiary/aromatic N) is 3. The van der Waals surface area contributed by atoms with Gasteiger partial charge in [-0.2, -0.15) is 0 Å². The third-order valence-corrected chi connectivity index (χ3v) is 5.42. The Balaban J connectivity index is 1.49. The number of amides is 1. The number of benzene rings is 1. The van der Waals surface area contributed by atoms with Crippen LogP contribution in [0.25, 0.3) is 11.1 Å². The number of ketones is 1. The lowest BCUT2D eigenvalue weighted by Crippen LogP contribution is -2.42. The Kier molecular flexibility index (Phi) is 5.69. The highest BCUT2D eigenvalue weighted by atomic mass is 16.3. The Labute approximate surface area is 169 Å². The van der Waals surface area contributed by atoms with Gasteiger partial charge in [0.2, 0.25) is 0 Å². The van der Waals surface area contributed by atoms with Gasteiger partial charge in [0.15, 0.2) is 17.3 Å². The first-order chi connectivity index (χ1) is 14.2. The van der Waals surface area contributed by atoms with Crippen molar-refractivity contribution in [2.24, 2.45) is 5.92 Å². The predicted molar refractivity (Wildman–Crippen MR) is 110 cm³/mol. The van der Waals surface area contributed by atoms with E-state index >= 15 is 0 Å². The predicted octanol–water partition coefficient (Wildman–Crippen LogP) is 4.30. The highest BCUT2D eigenvalue weighted by molar-refractivity contribution is 5.99. The summed E-state index contributed by atoms with van der Waals surface area (Å²) in [4.78, 5) is 36.3. The van der Waals surface area contributed by atoms with E-state index in [-0.39, 0.29) is 17.6 Å². The van der Waals surface area contributed by atoms with E-state index in [1.54, 1.807) is 35.4 Å². The molecule has 2 aromatic heterocycles. The number of oxazole rings is 1. The first-order valence-corrected chi connectivity index (χ1v) is 10.3. The van der Waals surface area contributed by atoms with Crippen molar-refractivity contribution < 1.29 is 14.0 Å². The first kappa shape index (κ1) is 19.3. The van der Waals surface area contributed by atoms with Crippen LogP contribution in [0.1, 0.15) is 59.3 Å². The summed E-state index contributed by atoms with van der Waals surface area (Å²) in [6.07, 6.45) is 6.12. The number of unbranched alkanes of at least 4 members (excludes halogenated alkanes) is 1. The maximum absolute atomic E-state index is 13.1. The SMILES string of the molecule is CCCCc1nc2cc(C(=O)N3CCCC(C(=O)c4ccccn4)C3)ccc2o1. The van der Waals surface area contributed by atoms with Crippen LogP contribution < -0.4 is 0 Å². The third-order valence-electron chi connectivity index (χ3n) is 5.42. The summed E-state index contributed by atoms with van der Waals surface area (Å²) in [6, 6.07) is 10.7. The van der Waals surface area contributed by atoms with E-state index in [9.17, 15) is 9.59 Å². The van der Waals surface area contributed by atoms with Gasteiger partial charge in [-0.3, -0.25) is 14.6 Å². The Hall–Kier alpha value is -3.02. The molecule has 1 fully saturated rings. The van der Waals surface area contributed by atoms with Gasteiger partial charge in [-0.1, -0.05) is 19.4 Å². The fourth-order valence-electron chi connectivity index (χ4n) is 3.82. The monoisotopic (exact) mass is 391 g/mol. The average molecular weight is 391 g/mol.